The average molecular weight is 553 g/mol. The summed E-state index contributed by atoms with van der Waals surface area (Å²) in [6.07, 6.45) is 0. The summed E-state index contributed by atoms with van der Waals surface area (Å²) in [7, 11) is -4.10. The van der Waals surface area contributed by atoms with Gasteiger partial charge in [-0.05, 0) is 54.6 Å². The molecule has 0 saturated heterocycles. The van der Waals surface area contributed by atoms with Crippen LogP contribution < -0.4 is 5.32 Å². The minimum Gasteiger partial charge on any atom is -0.325 e. The van der Waals surface area contributed by atoms with Crippen LogP contribution in [-0.2, 0) is 21.4 Å². The Morgan fingerprint density at radius 1 is 0.812 bits per heavy atom. The Bertz CT molecular complexity index is 1230. The first-order valence-corrected chi connectivity index (χ1v) is 12.3. The van der Waals surface area contributed by atoms with Gasteiger partial charge in [-0.25, -0.2) is 8.42 Å². The lowest BCUT2D eigenvalue weighted by atomic mass is 10.2. The minimum absolute atomic E-state index is 0.0348. The second-order valence-electron chi connectivity index (χ2n) is 6.60. The monoisotopic (exact) mass is 550 g/mol. The zero-order chi connectivity index (χ0) is 23.5. The van der Waals surface area contributed by atoms with E-state index in [9.17, 15) is 13.2 Å². The number of nitrogens with one attached hydrogen (secondary N) is 1. The van der Waals surface area contributed by atoms with Crippen LogP contribution in [0.5, 0.6) is 0 Å². The number of benzene rings is 3. The smallest absolute Gasteiger partial charge is 0.243 e. The number of carbonyl (C=O) groups excluding carboxylic acids is 1. The van der Waals surface area contributed by atoms with Crippen LogP contribution in [0.4, 0.5) is 5.69 Å². The van der Waals surface area contributed by atoms with E-state index in [-0.39, 0.29) is 26.5 Å². The van der Waals surface area contributed by atoms with Gasteiger partial charge in [0, 0.05) is 32.9 Å². The summed E-state index contributed by atoms with van der Waals surface area (Å²) in [6.45, 7) is -0.731. The van der Waals surface area contributed by atoms with E-state index in [1.165, 1.54) is 36.4 Å². The van der Waals surface area contributed by atoms with E-state index in [1.807, 2.05) is 0 Å². The second kappa shape index (κ2) is 10.6. The standard InChI is InChI=1S/C21H15Cl5N2O3S/c22-13-4-7-15(8-5-13)32(30,31)28(11-16-17(23)2-1-3-18(16)24)12-21(29)27-14-6-9-19(25)20(26)10-14/h1-10H,11-12H2,(H,27,29). The number of halogens is 5. The van der Waals surface area contributed by atoms with Gasteiger partial charge in [-0.2, -0.15) is 4.31 Å². The van der Waals surface area contributed by atoms with Gasteiger partial charge in [0.2, 0.25) is 15.9 Å². The summed E-state index contributed by atoms with van der Waals surface area (Å²) < 4.78 is 27.7. The van der Waals surface area contributed by atoms with Gasteiger partial charge >= 0.3 is 0 Å². The zero-order valence-electron chi connectivity index (χ0n) is 16.2. The molecule has 0 aliphatic rings. The molecule has 0 bridgehead atoms. The van der Waals surface area contributed by atoms with E-state index in [2.05, 4.69) is 5.32 Å². The third-order valence-electron chi connectivity index (χ3n) is 4.37. The number of rotatable bonds is 7. The number of sulfonamides is 1. The highest BCUT2D eigenvalue weighted by Gasteiger charge is 2.28. The topological polar surface area (TPSA) is 66.5 Å². The summed E-state index contributed by atoms with van der Waals surface area (Å²) in [5, 5.41) is 4.12. The van der Waals surface area contributed by atoms with Gasteiger partial charge in [-0.1, -0.05) is 64.1 Å². The Hall–Kier alpha value is -1.51. The molecule has 1 N–H and O–H groups in total. The lowest BCUT2D eigenvalue weighted by Crippen LogP contribution is -2.37. The highest BCUT2D eigenvalue weighted by atomic mass is 35.5. The molecule has 0 aliphatic heterocycles. The van der Waals surface area contributed by atoms with Crippen molar-refractivity contribution in [2.24, 2.45) is 0 Å². The fraction of sp³-hybridized carbons (Fsp3) is 0.0952. The summed E-state index contributed by atoms with van der Waals surface area (Å²) >= 11 is 30.2. The minimum atomic E-state index is -4.10. The zero-order valence-corrected chi connectivity index (χ0v) is 20.8. The quantitative estimate of drug-likeness (QED) is 0.351. The number of hydrogen-bond donors (Lipinski definition) is 1. The first-order chi connectivity index (χ1) is 15.1. The van der Waals surface area contributed by atoms with E-state index in [1.54, 1.807) is 24.3 Å². The number of hydrogen-bond acceptors (Lipinski definition) is 3. The van der Waals surface area contributed by atoms with Crippen molar-refractivity contribution < 1.29 is 13.2 Å². The first-order valence-electron chi connectivity index (χ1n) is 9.01. The Morgan fingerprint density at radius 2 is 1.44 bits per heavy atom. The molecule has 3 aromatic rings. The molecule has 0 atom stereocenters. The number of amides is 1. The Labute approximate surface area is 210 Å². The first kappa shape index (κ1) is 25.1. The van der Waals surface area contributed by atoms with Crippen molar-refractivity contribution in [3.8, 4) is 0 Å². The third-order valence-corrected chi connectivity index (χ3v) is 7.88. The SMILES string of the molecule is O=C(CN(Cc1c(Cl)cccc1Cl)S(=O)(=O)c1ccc(Cl)cc1)Nc1ccc(Cl)c(Cl)c1. The maximum absolute atomic E-state index is 13.3. The molecule has 0 fully saturated rings. The van der Waals surface area contributed by atoms with Crippen molar-refractivity contribution in [1.82, 2.24) is 4.31 Å². The van der Waals surface area contributed by atoms with Crippen LogP contribution in [-0.4, -0.2) is 25.2 Å². The van der Waals surface area contributed by atoms with Crippen molar-refractivity contribution in [3.63, 3.8) is 0 Å². The van der Waals surface area contributed by atoms with E-state index in [0.717, 1.165) is 4.31 Å². The van der Waals surface area contributed by atoms with Gasteiger partial charge in [0.1, 0.15) is 0 Å². The van der Waals surface area contributed by atoms with E-state index in [0.29, 0.717) is 21.3 Å². The van der Waals surface area contributed by atoms with Gasteiger partial charge in [0.25, 0.3) is 0 Å². The molecule has 32 heavy (non-hydrogen) atoms. The molecule has 0 aliphatic carbocycles. The van der Waals surface area contributed by atoms with E-state index in [4.69, 9.17) is 58.0 Å². The molecule has 0 unspecified atom stereocenters. The average Bonchev–Trinajstić information content (AvgIpc) is 2.73. The molecule has 0 saturated carbocycles. The normalized spacial score (nSPS) is 11.6. The van der Waals surface area contributed by atoms with Gasteiger partial charge < -0.3 is 5.32 Å². The maximum Gasteiger partial charge on any atom is 0.243 e. The van der Waals surface area contributed by atoms with Crippen molar-refractivity contribution >= 4 is 79.6 Å². The highest BCUT2D eigenvalue weighted by Crippen LogP contribution is 2.29. The van der Waals surface area contributed by atoms with E-state index < -0.39 is 22.5 Å². The second-order valence-corrected chi connectivity index (χ2v) is 10.6. The summed E-state index contributed by atoms with van der Waals surface area (Å²) in [6, 6.07) is 15.0. The molecule has 0 spiro atoms. The number of anilines is 1. The number of carbonyl (C=O) groups is 1. The van der Waals surface area contributed by atoms with Crippen LogP contribution in [0.15, 0.2) is 65.6 Å². The fourth-order valence-corrected chi connectivity index (χ4v) is 5.08. The molecule has 5 nitrogen and oxygen atoms in total. The third kappa shape index (κ3) is 6.08. The lowest BCUT2D eigenvalue weighted by molar-refractivity contribution is -0.116. The predicted molar refractivity (Wildman–Crippen MR) is 131 cm³/mol. The van der Waals surface area contributed by atoms with Crippen LogP contribution in [0.1, 0.15) is 5.56 Å². The molecule has 0 heterocycles. The lowest BCUT2D eigenvalue weighted by Gasteiger charge is -2.23. The van der Waals surface area contributed by atoms with Crippen LogP contribution in [0.3, 0.4) is 0 Å². The molecular weight excluding hydrogens is 538 g/mol. The Morgan fingerprint density at radius 3 is 2.03 bits per heavy atom. The fourth-order valence-electron chi connectivity index (χ4n) is 2.78. The maximum atomic E-state index is 13.3. The summed E-state index contributed by atoms with van der Waals surface area (Å²) in [5.74, 6) is -0.593. The molecule has 0 aromatic heterocycles. The van der Waals surface area contributed by atoms with Crippen molar-refractivity contribution in [1.29, 1.82) is 0 Å². The largest absolute Gasteiger partial charge is 0.325 e. The van der Waals surface area contributed by atoms with Gasteiger partial charge in [-0.3, -0.25) is 4.79 Å². The van der Waals surface area contributed by atoms with Gasteiger partial charge in [0.05, 0.1) is 21.5 Å². The molecule has 168 valence electrons. The molecule has 3 rings (SSSR count). The van der Waals surface area contributed by atoms with Crippen LogP contribution in [0, 0.1) is 0 Å². The summed E-state index contributed by atoms with van der Waals surface area (Å²) in [5.41, 5.74) is 0.736. The van der Waals surface area contributed by atoms with Crippen LogP contribution in [0.25, 0.3) is 0 Å². The molecule has 0 radical (unpaired) electrons. The van der Waals surface area contributed by atoms with Crippen LogP contribution >= 0.6 is 58.0 Å². The molecular formula is C21H15Cl5N2O3S. The van der Waals surface area contributed by atoms with Gasteiger partial charge in [-0.15, -0.1) is 0 Å². The predicted octanol–water partition coefficient (Wildman–Crippen LogP) is 6.78. The molecule has 11 heteroatoms. The van der Waals surface area contributed by atoms with Crippen molar-refractivity contribution in [2.75, 3.05) is 11.9 Å². The van der Waals surface area contributed by atoms with E-state index >= 15 is 0 Å². The van der Waals surface area contributed by atoms with Crippen molar-refractivity contribution in [3.05, 3.63) is 91.3 Å². The molecule has 3 aromatic carbocycles. The Balaban J connectivity index is 1.93. The Kier molecular flexibility index (Phi) is 8.33. The highest BCUT2D eigenvalue weighted by molar-refractivity contribution is 7.89. The summed E-state index contributed by atoms with van der Waals surface area (Å²) in [4.78, 5) is 12.7. The van der Waals surface area contributed by atoms with Crippen LogP contribution in [0.2, 0.25) is 25.1 Å². The number of nitrogens with zero attached hydrogens (tertiary/aromatic N) is 1. The molecule has 1 amide bonds. The van der Waals surface area contributed by atoms with Gasteiger partial charge in [0.15, 0.2) is 0 Å². The van der Waals surface area contributed by atoms with Crippen molar-refractivity contribution in [2.45, 2.75) is 11.4 Å².